The van der Waals surface area contributed by atoms with Gasteiger partial charge >= 0.3 is 0 Å². The smallest absolute Gasteiger partial charge is 0.227 e. The van der Waals surface area contributed by atoms with E-state index in [4.69, 9.17) is 4.74 Å². The van der Waals surface area contributed by atoms with Gasteiger partial charge in [-0.05, 0) is 41.3 Å². The molecule has 0 spiro atoms. The van der Waals surface area contributed by atoms with Crippen LogP contribution in [0.15, 0.2) is 91.0 Å². The molecule has 0 bridgehead atoms. The molecule has 0 saturated carbocycles. The number of nitrogens with zero attached hydrogens (tertiary/aromatic N) is 2. The molecule has 0 fully saturated rings. The van der Waals surface area contributed by atoms with E-state index >= 15 is 0 Å². The van der Waals surface area contributed by atoms with Crippen LogP contribution in [0.5, 0.6) is 5.75 Å². The Bertz CT molecular complexity index is 1490. The van der Waals surface area contributed by atoms with E-state index in [0.29, 0.717) is 18.1 Å². The molecular formula is C29H26FN3O3. The standard InChI is InChI=1S/C29H26FN3O3/c30-22-14-12-20(13-15-22)17-31-29(35)16-28-32-25-9-3-4-10-26(25)33(28)18-23(34)19-36-27-11-5-7-21-6-1-2-8-24(21)27/h1-15,23,34H,16-19H2,(H,31,35)/t23-/m1/s1. The van der Waals surface area contributed by atoms with Gasteiger partial charge < -0.3 is 19.7 Å². The molecule has 182 valence electrons. The molecule has 1 atom stereocenters. The fraction of sp³-hybridized carbons (Fsp3) is 0.172. The van der Waals surface area contributed by atoms with Crippen molar-refractivity contribution in [1.82, 2.24) is 14.9 Å². The zero-order chi connectivity index (χ0) is 24.9. The molecular weight excluding hydrogens is 457 g/mol. The van der Waals surface area contributed by atoms with Gasteiger partial charge in [0.15, 0.2) is 0 Å². The summed E-state index contributed by atoms with van der Waals surface area (Å²) in [5.74, 6) is 0.735. The van der Waals surface area contributed by atoms with Crippen molar-refractivity contribution in [3.63, 3.8) is 0 Å². The summed E-state index contributed by atoms with van der Waals surface area (Å²) in [5, 5.41) is 15.7. The highest BCUT2D eigenvalue weighted by molar-refractivity contribution is 5.88. The molecule has 2 N–H and O–H groups in total. The van der Waals surface area contributed by atoms with E-state index in [0.717, 1.165) is 27.4 Å². The van der Waals surface area contributed by atoms with Crippen LogP contribution in [-0.4, -0.2) is 33.3 Å². The number of hydrogen-bond donors (Lipinski definition) is 2. The Hall–Kier alpha value is -4.23. The summed E-state index contributed by atoms with van der Waals surface area (Å²) in [6, 6.07) is 27.4. The van der Waals surface area contributed by atoms with Crippen molar-refractivity contribution in [2.24, 2.45) is 0 Å². The Morgan fingerprint density at radius 1 is 0.972 bits per heavy atom. The lowest BCUT2D eigenvalue weighted by atomic mass is 10.1. The molecule has 0 aliphatic heterocycles. The number of halogens is 1. The van der Waals surface area contributed by atoms with Crippen molar-refractivity contribution >= 4 is 27.7 Å². The lowest BCUT2D eigenvalue weighted by Gasteiger charge is -2.16. The number of aliphatic hydroxyl groups is 1. The van der Waals surface area contributed by atoms with Crippen LogP contribution in [0.1, 0.15) is 11.4 Å². The maximum Gasteiger partial charge on any atom is 0.227 e. The van der Waals surface area contributed by atoms with Crippen LogP contribution < -0.4 is 10.1 Å². The average Bonchev–Trinajstić information content (AvgIpc) is 3.23. The maximum absolute atomic E-state index is 13.1. The Balaban J connectivity index is 1.28. The number of carbonyl (C=O) groups excluding carboxylic acids is 1. The predicted octanol–water partition coefficient (Wildman–Crippen LogP) is 4.63. The van der Waals surface area contributed by atoms with Gasteiger partial charge in [-0.15, -0.1) is 0 Å². The fourth-order valence-electron chi connectivity index (χ4n) is 4.24. The van der Waals surface area contributed by atoms with Crippen LogP contribution in [0.3, 0.4) is 0 Å². The summed E-state index contributed by atoms with van der Waals surface area (Å²) in [7, 11) is 0. The second kappa shape index (κ2) is 10.6. The number of nitrogens with one attached hydrogen (secondary N) is 1. The van der Waals surface area contributed by atoms with E-state index in [-0.39, 0.29) is 31.3 Å². The maximum atomic E-state index is 13.1. The molecule has 4 aromatic carbocycles. The van der Waals surface area contributed by atoms with E-state index in [9.17, 15) is 14.3 Å². The summed E-state index contributed by atoms with van der Waals surface area (Å²) in [6.45, 7) is 0.614. The third-order valence-electron chi connectivity index (χ3n) is 6.03. The topological polar surface area (TPSA) is 76.4 Å². The molecule has 0 saturated heterocycles. The first-order valence-electron chi connectivity index (χ1n) is 11.8. The summed E-state index contributed by atoms with van der Waals surface area (Å²) in [6.07, 6.45) is -0.769. The summed E-state index contributed by atoms with van der Waals surface area (Å²) >= 11 is 0. The summed E-state index contributed by atoms with van der Waals surface area (Å²) in [4.78, 5) is 17.3. The number of benzene rings is 4. The molecule has 1 aromatic heterocycles. The summed E-state index contributed by atoms with van der Waals surface area (Å²) in [5.41, 5.74) is 2.39. The number of amides is 1. The number of carbonyl (C=O) groups is 1. The van der Waals surface area contributed by atoms with Crippen LogP contribution in [0.25, 0.3) is 21.8 Å². The Kier molecular flexibility index (Phi) is 6.91. The zero-order valence-electron chi connectivity index (χ0n) is 19.6. The van der Waals surface area contributed by atoms with E-state index in [1.54, 1.807) is 12.1 Å². The number of aliphatic hydroxyl groups excluding tert-OH is 1. The van der Waals surface area contributed by atoms with Crippen LogP contribution in [0.4, 0.5) is 4.39 Å². The van der Waals surface area contributed by atoms with E-state index in [1.807, 2.05) is 71.3 Å². The van der Waals surface area contributed by atoms with Gasteiger partial charge in [0.25, 0.3) is 0 Å². The third kappa shape index (κ3) is 5.37. The van der Waals surface area contributed by atoms with Crippen molar-refractivity contribution in [2.75, 3.05) is 6.61 Å². The average molecular weight is 484 g/mol. The zero-order valence-corrected chi connectivity index (χ0v) is 19.6. The molecule has 7 heteroatoms. The lowest BCUT2D eigenvalue weighted by Crippen LogP contribution is -2.28. The minimum absolute atomic E-state index is 0.0484. The first kappa shape index (κ1) is 23.5. The minimum atomic E-state index is -0.817. The fourth-order valence-corrected chi connectivity index (χ4v) is 4.24. The van der Waals surface area contributed by atoms with Crippen molar-refractivity contribution in [3.8, 4) is 5.75 Å². The second-order valence-corrected chi connectivity index (χ2v) is 8.65. The highest BCUT2D eigenvalue weighted by Gasteiger charge is 2.17. The molecule has 0 radical (unpaired) electrons. The van der Waals surface area contributed by atoms with Crippen molar-refractivity contribution in [3.05, 3.63) is 108 Å². The largest absolute Gasteiger partial charge is 0.490 e. The van der Waals surface area contributed by atoms with E-state index in [2.05, 4.69) is 10.3 Å². The van der Waals surface area contributed by atoms with Crippen LogP contribution in [-0.2, 0) is 24.3 Å². The number of ether oxygens (including phenoxy) is 1. The van der Waals surface area contributed by atoms with Crippen LogP contribution >= 0.6 is 0 Å². The minimum Gasteiger partial charge on any atom is -0.490 e. The number of fused-ring (bicyclic) bond motifs is 2. The third-order valence-corrected chi connectivity index (χ3v) is 6.03. The number of aromatic nitrogens is 2. The lowest BCUT2D eigenvalue weighted by molar-refractivity contribution is -0.120. The Morgan fingerprint density at radius 2 is 1.72 bits per heavy atom. The van der Waals surface area contributed by atoms with E-state index in [1.165, 1.54) is 12.1 Å². The van der Waals surface area contributed by atoms with Crippen molar-refractivity contribution in [1.29, 1.82) is 0 Å². The van der Waals surface area contributed by atoms with Gasteiger partial charge in [0.1, 0.15) is 30.1 Å². The SMILES string of the molecule is O=C(Cc1nc2ccccc2n1C[C@@H](O)COc1cccc2ccccc12)NCc1ccc(F)cc1. The second-order valence-electron chi connectivity index (χ2n) is 8.65. The van der Waals surface area contributed by atoms with Gasteiger partial charge in [-0.3, -0.25) is 4.79 Å². The Morgan fingerprint density at radius 3 is 2.58 bits per heavy atom. The molecule has 6 nitrogen and oxygen atoms in total. The van der Waals surface area contributed by atoms with Crippen LogP contribution in [0, 0.1) is 5.82 Å². The molecule has 1 amide bonds. The van der Waals surface area contributed by atoms with Gasteiger partial charge in [-0.25, -0.2) is 9.37 Å². The predicted molar refractivity (Wildman–Crippen MR) is 137 cm³/mol. The first-order valence-corrected chi connectivity index (χ1v) is 11.8. The highest BCUT2D eigenvalue weighted by atomic mass is 19.1. The first-order chi connectivity index (χ1) is 17.6. The summed E-state index contributed by atoms with van der Waals surface area (Å²) < 4.78 is 20.9. The Labute approximate surface area is 208 Å². The van der Waals surface area contributed by atoms with Crippen molar-refractivity contribution in [2.45, 2.75) is 25.6 Å². The quantitative estimate of drug-likeness (QED) is 0.321. The normalized spacial score (nSPS) is 12.1. The van der Waals surface area contributed by atoms with Crippen LogP contribution in [0.2, 0.25) is 0 Å². The monoisotopic (exact) mass is 483 g/mol. The van der Waals surface area contributed by atoms with Gasteiger partial charge in [0.2, 0.25) is 5.91 Å². The van der Waals surface area contributed by atoms with Gasteiger partial charge in [-0.2, -0.15) is 0 Å². The van der Waals surface area contributed by atoms with Gasteiger partial charge in [0.05, 0.1) is 24.0 Å². The van der Waals surface area contributed by atoms with Gasteiger partial charge in [-0.1, -0.05) is 60.7 Å². The number of rotatable bonds is 9. The number of para-hydroxylation sites is 2. The van der Waals surface area contributed by atoms with E-state index < -0.39 is 6.10 Å². The highest BCUT2D eigenvalue weighted by Crippen LogP contribution is 2.25. The number of hydrogen-bond acceptors (Lipinski definition) is 4. The molecule has 0 aliphatic rings. The van der Waals surface area contributed by atoms with Gasteiger partial charge in [0, 0.05) is 11.9 Å². The number of imidazole rings is 1. The molecule has 5 rings (SSSR count). The van der Waals surface area contributed by atoms with Crippen molar-refractivity contribution < 1.29 is 19.0 Å². The molecule has 5 aromatic rings. The molecule has 36 heavy (non-hydrogen) atoms. The molecule has 0 unspecified atom stereocenters. The molecule has 1 heterocycles. The molecule has 0 aliphatic carbocycles.